The van der Waals surface area contributed by atoms with E-state index in [0.29, 0.717) is 13.2 Å². The van der Waals surface area contributed by atoms with E-state index in [1.54, 1.807) is 37.3 Å². The van der Waals surface area contributed by atoms with Gasteiger partial charge in [-0.25, -0.2) is 9.97 Å². The largest absolute Gasteiger partial charge is 0.369 e. The topological polar surface area (TPSA) is 65.5 Å². The van der Waals surface area contributed by atoms with Crippen molar-refractivity contribution < 1.29 is 14.2 Å². The monoisotopic (exact) mass is 397 g/mol. The Morgan fingerprint density at radius 3 is 2.73 bits per heavy atom. The molecule has 6 nitrogen and oxygen atoms in total. The van der Waals surface area contributed by atoms with Crippen molar-refractivity contribution >= 4 is 39.1 Å². The molecule has 0 spiro atoms. The highest BCUT2D eigenvalue weighted by atomic mass is 32.2. The minimum absolute atomic E-state index is 0.128. The van der Waals surface area contributed by atoms with Crippen molar-refractivity contribution in [1.82, 2.24) is 9.97 Å². The molecule has 0 unspecified atom stereocenters. The Morgan fingerprint density at radius 1 is 1.31 bits per heavy atom. The van der Waals surface area contributed by atoms with Crippen molar-refractivity contribution in [2.45, 2.75) is 57.3 Å². The molecule has 1 N–H and O–H groups in total. The average molecular weight is 398 g/mol. The van der Waals surface area contributed by atoms with Crippen LogP contribution in [0.1, 0.15) is 37.6 Å². The van der Waals surface area contributed by atoms with Gasteiger partial charge in [-0.1, -0.05) is 25.6 Å². The summed E-state index contributed by atoms with van der Waals surface area (Å²) in [6.45, 7) is 7.64. The van der Waals surface area contributed by atoms with E-state index in [9.17, 15) is 0 Å². The molecule has 0 saturated heterocycles. The average Bonchev–Trinajstić information content (AvgIpc) is 3.00. The second-order valence-corrected chi connectivity index (χ2v) is 8.84. The maximum absolute atomic E-state index is 6.12. The van der Waals surface area contributed by atoms with Crippen LogP contribution in [0, 0.1) is 0 Å². The zero-order valence-electron chi connectivity index (χ0n) is 16.0. The lowest BCUT2D eigenvalue weighted by Gasteiger charge is -2.33. The molecule has 1 aliphatic rings. The first-order valence-corrected chi connectivity index (χ1v) is 10.7. The molecule has 26 heavy (non-hydrogen) atoms. The third-order valence-electron chi connectivity index (χ3n) is 4.80. The number of fused-ring (bicyclic) bond motifs is 3. The van der Waals surface area contributed by atoms with Crippen LogP contribution in [-0.4, -0.2) is 48.4 Å². The Balaban J connectivity index is 2.03. The van der Waals surface area contributed by atoms with Gasteiger partial charge in [-0.2, -0.15) is 0 Å². The summed E-state index contributed by atoms with van der Waals surface area (Å²) < 4.78 is 16.7. The molecule has 8 heteroatoms. The van der Waals surface area contributed by atoms with E-state index in [1.165, 1.54) is 10.4 Å². The number of hydrogen-bond donors (Lipinski definition) is 1. The second-order valence-electron chi connectivity index (χ2n) is 6.52. The van der Waals surface area contributed by atoms with E-state index in [2.05, 4.69) is 26.1 Å². The van der Waals surface area contributed by atoms with Crippen molar-refractivity contribution in [1.29, 1.82) is 0 Å². The summed E-state index contributed by atoms with van der Waals surface area (Å²) in [7, 11) is 3.28. The van der Waals surface area contributed by atoms with Gasteiger partial charge in [-0.05, 0) is 24.7 Å². The summed E-state index contributed by atoms with van der Waals surface area (Å²) in [5.74, 6) is 1.80. The van der Waals surface area contributed by atoms with Crippen molar-refractivity contribution in [2.75, 3.05) is 31.8 Å². The number of nitrogens with zero attached hydrogens (tertiary/aromatic N) is 2. The molecular weight excluding hydrogens is 370 g/mol. The van der Waals surface area contributed by atoms with Gasteiger partial charge in [0, 0.05) is 25.5 Å². The van der Waals surface area contributed by atoms with E-state index in [1.807, 2.05) is 0 Å². The molecule has 0 fully saturated rings. The summed E-state index contributed by atoms with van der Waals surface area (Å²) in [6, 6.07) is 0. The number of nitrogens with one attached hydrogen (secondary N) is 1. The van der Waals surface area contributed by atoms with Crippen LogP contribution in [-0.2, 0) is 27.2 Å². The lowest BCUT2D eigenvalue weighted by Crippen LogP contribution is -2.34. The van der Waals surface area contributed by atoms with Gasteiger partial charge in [0.25, 0.3) is 0 Å². The molecule has 2 aromatic heterocycles. The van der Waals surface area contributed by atoms with Crippen LogP contribution >= 0.6 is 23.1 Å². The van der Waals surface area contributed by atoms with Gasteiger partial charge in [-0.15, -0.1) is 11.3 Å². The summed E-state index contributed by atoms with van der Waals surface area (Å²) in [5, 5.41) is 5.34. The molecule has 0 radical (unpaired) electrons. The van der Waals surface area contributed by atoms with Crippen LogP contribution in [0.5, 0.6) is 0 Å². The maximum atomic E-state index is 6.12. The van der Waals surface area contributed by atoms with Crippen molar-refractivity contribution in [3.05, 3.63) is 10.4 Å². The van der Waals surface area contributed by atoms with Crippen molar-refractivity contribution in [2.24, 2.45) is 0 Å². The molecule has 144 valence electrons. The molecule has 0 aromatic carbocycles. The molecule has 0 bridgehead atoms. The van der Waals surface area contributed by atoms with Gasteiger partial charge >= 0.3 is 0 Å². The quantitative estimate of drug-likeness (QED) is 0.409. The zero-order valence-corrected chi connectivity index (χ0v) is 17.7. The fourth-order valence-electron chi connectivity index (χ4n) is 3.04. The Hall–Kier alpha value is -0.930. The van der Waals surface area contributed by atoms with E-state index < -0.39 is 0 Å². The van der Waals surface area contributed by atoms with Gasteiger partial charge in [-0.3, -0.25) is 0 Å². The standard InChI is InChI=1S/C18H27N3O3S2/c1-6-18(3)8-11-12(10-24-18)26-16-14(11)15(19-9-13(22-4)23-5)20-17(21-16)25-7-2/h13H,6-10H2,1-5H3,(H,19,20,21)/t18-/m0/s1. The van der Waals surface area contributed by atoms with Gasteiger partial charge in [0.05, 0.1) is 24.1 Å². The zero-order chi connectivity index (χ0) is 18.7. The Kier molecular flexibility index (Phi) is 6.40. The summed E-state index contributed by atoms with van der Waals surface area (Å²) in [6.07, 6.45) is 1.54. The number of rotatable bonds is 8. The minimum atomic E-state index is -0.319. The van der Waals surface area contributed by atoms with E-state index in [-0.39, 0.29) is 11.9 Å². The molecule has 2 aromatic rings. The third-order valence-corrected chi connectivity index (χ3v) is 6.63. The number of aromatic nitrogens is 2. The first-order chi connectivity index (χ1) is 12.5. The minimum Gasteiger partial charge on any atom is -0.369 e. The van der Waals surface area contributed by atoms with E-state index in [0.717, 1.165) is 39.8 Å². The lowest BCUT2D eigenvalue weighted by atomic mass is 9.90. The summed E-state index contributed by atoms with van der Waals surface area (Å²) in [4.78, 5) is 11.9. The van der Waals surface area contributed by atoms with Crippen LogP contribution in [0.15, 0.2) is 5.16 Å². The van der Waals surface area contributed by atoms with Crippen molar-refractivity contribution in [3.8, 4) is 0 Å². The molecule has 1 atom stereocenters. The summed E-state index contributed by atoms with van der Waals surface area (Å²) >= 11 is 3.37. The first-order valence-electron chi connectivity index (χ1n) is 8.92. The van der Waals surface area contributed by atoms with Crippen LogP contribution in [0.4, 0.5) is 5.82 Å². The molecule has 1 aliphatic heterocycles. The fraction of sp³-hybridized carbons (Fsp3) is 0.667. The lowest BCUT2D eigenvalue weighted by molar-refractivity contribution is -0.0914. The van der Waals surface area contributed by atoms with Crippen LogP contribution in [0.2, 0.25) is 0 Å². The first kappa shape index (κ1) is 19.8. The number of anilines is 1. The van der Waals surface area contributed by atoms with E-state index >= 15 is 0 Å². The Morgan fingerprint density at radius 2 is 2.08 bits per heavy atom. The molecule has 0 saturated carbocycles. The predicted molar refractivity (Wildman–Crippen MR) is 107 cm³/mol. The highest BCUT2D eigenvalue weighted by molar-refractivity contribution is 7.99. The maximum Gasteiger partial charge on any atom is 0.190 e. The normalized spacial score (nSPS) is 19.9. The van der Waals surface area contributed by atoms with Crippen LogP contribution in [0.25, 0.3) is 10.2 Å². The number of ether oxygens (including phenoxy) is 3. The van der Waals surface area contributed by atoms with Crippen molar-refractivity contribution in [3.63, 3.8) is 0 Å². The highest BCUT2D eigenvalue weighted by Crippen LogP contribution is 2.42. The van der Waals surface area contributed by atoms with Gasteiger partial charge in [0.2, 0.25) is 0 Å². The van der Waals surface area contributed by atoms with E-state index in [4.69, 9.17) is 24.2 Å². The van der Waals surface area contributed by atoms with Crippen LogP contribution < -0.4 is 5.32 Å². The molecule has 0 aliphatic carbocycles. The number of hydrogen-bond acceptors (Lipinski definition) is 8. The molecule has 0 amide bonds. The second kappa shape index (κ2) is 8.39. The Labute approximate surface area is 163 Å². The molecule has 3 rings (SSSR count). The fourth-order valence-corrected chi connectivity index (χ4v) is 4.77. The smallest absolute Gasteiger partial charge is 0.190 e. The summed E-state index contributed by atoms with van der Waals surface area (Å²) in [5.41, 5.74) is 1.19. The number of thioether (sulfide) groups is 1. The van der Waals surface area contributed by atoms with Gasteiger partial charge < -0.3 is 19.5 Å². The molecular formula is C18H27N3O3S2. The van der Waals surface area contributed by atoms with Crippen LogP contribution in [0.3, 0.4) is 0 Å². The third kappa shape index (κ3) is 3.99. The SMILES string of the molecule is CCSc1nc(NCC(OC)OC)c2c3c(sc2n1)CO[C@@](C)(CC)C3. The van der Waals surface area contributed by atoms with Gasteiger partial charge in [0.15, 0.2) is 11.4 Å². The predicted octanol–water partition coefficient (Wildman–Crippen LogP) is 4.08. The molecule has 3 heterocycles. The highest BCUT2D eigenvalue weighted by Gasteiger charge is 2.33. The van der Waals surface area contributed by atoms with Gasteiger partial charge in [0.1, 0.15) is 10.6 Å². The number of methoxy groups -OCH3 is 2. The number of thiophene rings is 1. The Bertz CT molecular complexity index is 764.